The van der Waals surface area contributed by atoms with Gasteiger partial charge in [-0.3, -0.25) is 9.36 Å². The van der Waals surface area contributed by atoms with Crippen molar-refractivity contribution >= 4 is 5.82 Å². The van der Waals surface area contributed by atoms with Gasteiger partial charge in [0.25, 0.3) is 5.56 Å². The van der Waals surface area contributed by atoms with Crippen molar-refractivity contribution < 1.29 is 4.74 Å². The lowest BCUT2D eigenvalue weighted by molar-refractivity contribution is 0.414. The average Bonchev–Trinajstić information content (AvgIpc) is 2.69. The second-order valence-electron chi connectivity index (χ2n) is 5.94. The zero-order valence-corrected chi connectivity index (χ0v) is 14.9. The van der Waals surface area contributed by atoms with Crippen molar-refractivity contribution in [3.05, 3.63) is 75.6 Å². The van der Waals surface area contributed by atoms with E-state index in [2.05, 4.69) is 6.07 Å². The molecule has 0 saturated carbocycles. The summed E-state index contributed by atoms with van der Waals surface area (Å²) in [6, 6.07) is 17.9. The van der Waals surface area contributed by atoms with Crippen LogP contribution in [0.1, 0.15) is 16.7 Å². The number of hydrogen-bond donors (Lipinski definition) is 1. The molecule has 0 aliphatic carbocycles. The minimum absolute atomic E-state index is 0.0118. The molecule has 0 unspecified atom stereocenters. The highest BCUT2D eigenvalue weighted by molar-refractivity contribution is 5.81. The summed E-state index contributed by atoms with van der Waals surface area (Å²) < 4.78 is 6.29. The number of ether oxygens (including phenoxy) is 1. The highest BCUT2D eigenvalue weighted by atomic mass is 16.5. The number of anilines is 1. The van der Waals surface area contributed by atoms with Crippen molar-refractivity contribution in [2.45, 2.75) is 6.92 Å². The van der Waals surface area contributed by atoms with E-state index in [0.717, 1.165) is 5.56 Å². The molecule has 6 nitrogen and oxygen atoms in total. The van der Waals surface area contributed by atoms with E-state index in [0.29, 0.717) is 17.0 Å². The molecule has 0 amide bonds. The topological polar surface area (TPSA) is 105 Å². The molecule has 2 N–H and O–H groups in total. The van der Waals surface area contributed by atoms with Gasteiger partial charge in [-0.05, 0) is 36.8 Å². The predicted octanol–water partition coefficient (Wildman–Crippen LogP) is 3.15. The third-order valence-electron chi connectivity index (χ3n) is 4.31. The van der Waals surface area contributed by atoms with E-state index < -0.39 is 5.56 Å². The zero-order valence-electron chi connectivity index (χ0n) is 14.9. The lowest BCUT2D eigenvalue weighted by atomic mass is 9.95. The summed E-state index contributed by atoms with van der Waals surface area (Å²) in [4.78, 5) is 13.0. The summed E-state index contributed by atoms with van der Waals surface area (Å²) in [6.45, 7) is 1.93. The second-order valence-corrected chi connectivity index (χ2v) is 5.94. The fraction of sp³-hybridized carbons (Fsp3) is 0.0952. The van der Waals surface area contributed by atoms with E-state index in [4.69, 9.17) is 10.5 Å². The highest BCUT2D eigenvalue weighted by Gasteiger charge is 2.22. The van der Waals surface area contributed by atoms with Gasteiger partial charge < -0.3 is 10.5 Å². The number of benzene rings is 2. The lowest BCUT2D eigenvalue weighted by Crippen LogP contribution is -2.26. The summed E-state index contributed by atoms with van der Waals surface area (Å²) >= 11 is 0. The molecule has 27 heavy (non-hydrogen) atoms. The smallest absolute Gasteiger partial charge is 0.275 e. The Bertz CT molecular complexity index is 1150. The SMILES string of the molecule is COc1ccc(-n2c(N)c(C#N)c(-c3ccc(C)cc3)c(C#N)c2=O)cc1. The Hall–Kier alpha value is -4.03. The summed E-state index contributed by atoms with van der Waals surface area (Å²) in [6.07, 6.45) is 0. The maximum absolute atomic E-state index is 13.0. The number of aryl methyl sites for hydroxylation is 1. The Labute approximate surface area is 156 Å². The highest BCUT2D eigenvalue weighted by Crippen LogP contribution is 2.30. The molecule has 0 aliphatic heterocycles. The third kappa shape index (κ3) is 3.01. The summed E-state index contributed by atoms with van der Waals surface area (Å²) in [5.41, 5.74) is 7.90. The van der Waals surface area contributed by atoms with E-state index >= 15 is 0 Å². The van der Waals surface area contributed by atoms with Gasteiger partial charge in [-0.15, -0.1) is 0 Å². The number of nitriles is 2. The maximum atomic E-state index is 13.0. The number of nitrogens with zero attached hydrogens (tertiary/aromatic N) is 3. The van der Waals surface area contributed by atoms with Crippen molar-refractivity contribution in [2.75, 3.05) is 12.8 Å². The Balaban J connectivity index is 2.36. The fourth-order valence-electron chi connectivity index (χ4n) is 2.91. The van der Waals surface area contributed by atoms with Crippen LogP contribution in [-0.4, -0.2) is 11.7 Å². The quantitative estimate of drug-likeness (QED) is 0.776. The van der Waals surface area contributed by atoms with Crippen LogP contribution in [0, 0.1) is 29.6 Å². The molecular formula is C21H16N4O2. The standard InChI is InChI=1S/C21H16N4O2/c1-13-3-5-14(6-4-13)19-17(11-22)20(24)25(21(26)18(19)12-23)15-7-9-16(27-2)10-8-15/h3-10H,24H2,1-2H3. The molecule has 6 heteroatoms. The number of aromatic nitrogens is 1. The largest absolute Gasteiger partial charge is 0.497 e. The molecule has 0 saturated heterocycles. The molecule has 0 aliphatic rings. The second kappa shape index (κ2) is 7.07. The number of hydrogen-bond acceptors (Lipinski definition) is 5. The van der Waals surface area contributed by atoms with Crippen LogP contribution in [0.3, 0.4) is 0 Å². The molecule has 0 fully saturated rings. The van der Waals surface area contributed by atoms with E-state index in [1.54, 1.807) is 36.4 Å². The van der Waals surface area contributed by atoms with Crippen LogP contribution in [0.25, 0.3) is 16.8 Å². The minimum Gasteiger partial charge on any atom is -0.497 e. The third-order valence-corrected chi connectivity index (χ3v) is 4.31. The molecule has 3 aromatic rings. The number of nitrogens with two attached hydrogens (primary N) is 1. The summed E-state index contributed by atoms with van der Waals surface area (Å²) in [5, 5.41) is 19.4. The first-order valence-electron chi connectivity index (χ1n) is 8.12. The van der Waals surface area contributed by atoms with E-state index in [1.165, 1.54) is 11.7 Å². The van der Waals surface area contributed by atoms with Gasteiger partial charge in [0.15, 0.2) is 0 Å². The zero-order chi connectivity index (χ0) is 19.6. The van der Waals surface area contributed by atoms with Crippen LogP contribution in [0.5, 0.6) is 5.75 Å². The van der Waals surface area contributed by atoms with Gasteiger partial charge in [-0.25, -0.2) is 0 Å². The molecule has 132 valence electrons. The van der Waals surface area contributed by atoms with E-state index in [9.17, 15) is 15.3 Å². The average molecular weight is 356 g/mol. The summed E-state index contributed by atoms with van der Waals surface area (Å²) in [7, 11) is 1.54. The Morgan fingerprint density at radius 2 is 1.56 bits per heavy atom. The number of pyridine rings is 1. The molecule has 3 rings (SSSR count). The molecule has 1 heterocycles. The Morgan fingerprint density at radius 3 is 2.07 bits per heavy atom. The normalized spacial score (nSPS) is 10.1. The monoisotopic (exact) mass is 356 g/mol. The molecule has 0 atom stereocenters. The molecule has 0 radical (unpaired) electrons. The predicted molar refractivity (Wildman–Crippen MR) is 103 cm³/mol. The van der Waals surface area contributed by atoms with E-state index in [-0.39, 0.29) is 22.5 Å². The molecular weight excluding hydrogens is 340 g/mol. The van der Waals surface area contributed by atoms with Gasteiger partial charge >= 0.3 is 0 Å². The van der Waals surface area contributed by atoms with Crippen LogP contribution >= 0.6 is 0 Å². The summed E-state index contributed by atoms with van der Waals surface area (Å²) in [5.74, 6) is 0.602. The number of nitrogen functional groups attached to an aromatic ring is 1. The minimum atomic E-state index is -0.574. The number of rotatable bonds is 3. The Morgan fingerprint density at radius 1 is 0.963 bits per heavy atom. The first-order chi connectivity index (χ1) is 13.0. The van der Waals surface area contributed by atoms with Crippen LogP contribution in [0.4, 0.5) is 5.82 Å². The first-order valence-corrected chi connectivity index (χ1v) is 8.12. The van der Waals surface area contributed by atoms with Gasteiger partial charge in [0.05, 0.1) is 12.8 Å². The van der Waals surface area contributed by atoms with Crippen LogP contribution in [-0.2, 0) is 0 Å². The van der Waals surface area contributed by atoms with Crippen molar-refractivity contribution in [1.29, 1.82) is 10.5 Å². The molecule has 0 spiro atoms. The van der Waals surface area contributed by atoms with Gasteiger partial charge in [0, 0.05) is 5.56 Å². The number of methoxy groups -OCH3 is 1. The van der Waals surface area contributed by atoms with Crippen molar-refractivity contribution in [1.82, 2.24) is 4.57 Å². The van der Waals surface area contributed by atoms with Gasteiger partial charge in [0.1, 0.15) is 34.8 Å². The van der Waals surface area contributed by atoms with Crippen molar-refractivity contribution in [3.63, 3.8) is 0 Å². The molecule has 2 aromatic carbocycles. The van der Waals surface area contributed by atoms with Crippen molar-refractivity contribution in [3.8, 4) is 34.7 Å². The van der Waals surface area contributed by atoms with Crippen molar-refractivity contribution in [2.24, 2.45) is 0 Å². The van der Waals surface area contributed by atoms with Crippen LogP contribution in [0.2, 0.25) is 0 Å². The lowest BCUT2D eigenvalue weighted by Gasteiger charge is -2.16. The fourth-order valence-corrected chi connectivity index (χ4v) is 2.91. The molecule has 0 bridgehead atoms. The van der Waals surface area contributed by atoms with Gasteiger partial charge in [-0.1, -0.05) is 29.8 Å². The van der Waals surface area contributed by atoms with Crippen LogP contribution in [0.15, 0.2) is 53.3 Å². The van der Waals surface area contributed by atoms with Gasteiger partial charge in [-0.2, -0.15) is 10.5 Å². The molecule has 1 aromatic heterocycles. The Kier molecular flexibility index (Phi) is 4.66. The van der Waals surface area contributed by atoms with Gasteiger partial charge in [0.2, 0.25) is 0 Å². The maximum Gasteiger partial charge on any atom is 0.275 e. The van der Waals surface area contributed by atoms with Crippen LogP contribution < -0.4 is 16.0 Å². The first kappa shape index (κ1) is 17.8. The van der Waals surface area contributed by atoms with E-state index in [1.807, 2.05) is 25.1 Å².